The Labute approximate surface area is 200 Å². The quantitative estimate of drug-likeness (QED) is 0.186. The number of halogens is 3. The third-order valence-electron chi connectivity index (χ3n) is 4.44. The van der Waals surface area contributed by atoms with Crippen molar-refractivity contribution in [3.8, 4) is 17.2 Å². The summed E-state index contributed by atoms with van der Waals surface area (Å²) in [5.41, 5.74) is 1.24. The topological polar surface area (TPSA) is 106 Å². The number of nitrogens with zero attached hydrogens (tertiary/aromatic N) is 1. The highest BCUT2D eigenvalue weighted by Crippen LogP contribution is 2.38. The molecule has 12 heteroatoms. The van der Waals surface area contributed by atoms with Crippen LogP contribution in [0.2, 0.25) is 0 Å². The Bertz CT molecular complexity index is 939. The monoisotopic (exact) mass is 566 g/mol. The zero-order valence-electron chi connectivity index (χ0n) is 17.6. The van der Waals surface area contributed by atoms with Gasteiger partial charge in [-0.05, 0) is 25.5 Å². The summed E-state index contributed by atoms with van der Waals surface area (Å²) in [7, 11) is 1.59. The minimum absolute atomic E-state index is 0. The van der Waals surface area contributed by atoms with Gasteiger partial charge in [0, 0.05) is 43.9 Å². The highest BCUT2D eigenvalue weighted by Gasteiger charge is 2.20. The summed E-state index contributed by atoms with van der Waals surface area (Å²) in [6.45, 7) is 0.00702. The molecule has 1 aromatic heterocycles. The van der Waals surface area contributed by atoms with Gasteiger partial charge in [0.1, 0.15) is 5.75 Å². The second-order valence-corrected chi connectivity index (χ2v) is 6.59. The molecule has 0 atom stereocenters. The molecule has 1 aliphatic rings. The lowest BCUT2D eigenvalue weighted by atomic mass is 10.1. The number of rotatable bonds is 9. The Morgan fingerprint density at radius 2 is 1.91 bits per heavy atom. The number of guanidine groups is 1. The highest BCUT2D eigenvalue weighted by atomic mass is 127. The van der Waals surface area contributed by atoms with E-state index in [-0.39, 0.29) is 49.0 Å². The van der Waals surface area contributed by atoms with Crippen LogP contribution in [0.25, 0.3) is 0 Å². The first-order chi connectivity index (χ1) is 15.0. The molecule has 9 nitrogen and oxygen atoms in total. The lowest BCUT2D eigenvalue weighted by Gasteiger charge is -2.15. The van der Waals surface area contributed by atoms with Crippen molar-refractivity contribution in [3.05, 3.63) is 41.3 Å². The first kappa shape index (κ1) is 25.5. The van der Waals surface area contributed by atoms with E-state index in [1.165, 1.54) is 12.3 Å². The third kappa shape index (κ3) is 6.87. The van der Waals surface area contributed by atoms with Gasteiger partial charge in [-0.15, -0.1) is 24.0 Å². The second-order valence-electron chi connectivity index (χ2n) is 6.59. The molecular formula is C20H25F2IN4O5. The summed E-state index contributed by atoms with van der Waals surface area (Å²) in [5, 5.41) is 8.91. The van der Waals surface area contributed by atoms with E-state index in [4.69, 9.17) is 13.9 Å². The summed E-state index contributed by atoms with van der Waals surface area (Å²) >= 11 is 0. The summed E-state index contributed by atoms with van der Waals surface area (Å²) in [5.74, 6) is 1.32. The first-order valence-corrected chi connectivity index (χ1v) is 9.62. The van der Waals surface area contributed by atoms with Crippen LogP contribution < -0.4 is 30.2 Å². The molecule has 0 bridgehead atoms. The van der Waals surface area contributed by atoms with Crippen molar-refractivity contribution in [2.24, 2.45) is 4.99 Å². The smallest absolute Gasteiger partial charge is 0.387 e. The molecule has 0 fully saturated rings. The number of carbonyl (C=O) groups is 1. The maximum atomic E-state index is 12.7. The van der Waals surface area contributed by atoms with E-state index in [9.17, 15) is 13.6 Å². The van der Waals surface area contributed by atoms with Crippen LogP contribution in [-0.4, -0.2) is 45.4 Å². The van der Waals surface area contributed by atoms with E-state index in [1.807, 2.05) is 0 Å². The zero-order chi connectivity index (χ0) is 22.2. The molecule has 2 heterocycles. The number of fused-ring (bicyclic) bond motifs is 1. The molecule has 1 aromatic carbocycles. The van der Waals surface area contributed by atoms with Gasteiger partial charge >= 0.3 is 6.61 Å². The van der Waals surface area contributed by atoms with Crippen molar-refractivity contribution in [1.29, 1.82) is 0 Å². The van der Waals surface area contributed by atoms with Gasteiger partial charge in [-0.1, -0.05) is 0 Å². The van der Waals surface area contributed by atoms with Gasteiger partial charge in [-0.2, -0.15) is 8.78 Å². The van der Waals surface area contributed by atoms with Crippen LogP contribution in [0.4, 0.5) is 8.78 Å². The maximum absolute atomic E-state index is 12.7. The standard InChI is InChI=1S/C20H24F2N4O5.HI/c1-12-4-7-28-17(12)18(27)24-5-3-6-25-20(23-2)26-10-13-8-15-16(30-11-29-15)9-14(13)31-19(21)22;/h4,7-9,19H,3,5-6,10-11H2,1-2H3,(H,24,27)(H2,23,25,26);1H. The lowest BCUT2D eigenvalue weighted by Crippen LogP contribution is -2.38. The minimum Gasteiger partial charge on any atom is -0.459 e. The zero-order valence-corrected chi connectivity index (χ0v) is 19.9. The molecule has 3 rings (SSSR count). The summed E-state index contributed by atoms with van der Waals surface area (Å²) in [6.07, 6.45) is 2.11. The Hall–Kier alpha value is -2.77. The normalized spacial score (nSPS) is 12.3. The van der Waals surface area contributed by atoms with Gasteiger partial charge in [0.2, 0.25) is 6.79 Å². The van der Waals surface area contributed by atoms with Gasteiger partial charge < -0.3 is 34.6 Å². The summed E-state index contributed by atoms with van der Waals surface area (Å²) < 4.78 is 45.7. The number of aliphatic imine (C=N–C) groups is 1. The Morgan fingerprint density at radius 1 is 1.19 bits per heavy atom. The molecule has 0 saturated carbocycles. The third-order valence-corrected chi connectivity index (χ3v) is 4.44. The fourth-order valence-corrected chi connectivity index (χ4v) is 2.89. The van der Waals surface area contributed by atoms with Crippen LogP contribution in [-0.2, 0) is 6.54 Å². The number of amides is 1. The van der Waals surface area contributed by atoms with Gasteiger partial charge in [0.15, 0.2) is 23.2 Å². The van der Waals surface area contributed by atoms with Crippen molar-refractivity contribution in [2.75, 3.05) is 26.9 Å². The van der Waals surface area contributed by atoms with Crippen molar-refractivity contribution >= 4 is 35.8 Å². The predicted molar refractivity (Wildman–Crippen MR) is 123 cm³/mol. The number of carbonyl (C=O) groups excluding carboxylic acids is 1. The number of alkyl halides is 2. The molecule has 2 aromatic rings. The van der Waals surface area contributed by atoms with Gasteiger partial charge in [-0.3, -0.25) is 9.79 Å². The first-order valence-electron chi connectivity index (χ1n) is 9.62. The SMILES string of the molecule is CN=C(NCCCNC(=O)c1occc1C)NCc1cc2c(cc1OC(F)F)OCO2.I. The van der Waals surface area contributed by atoms with Crippen LogP contribution in [0.15, 0.2) is 33.9 Å². The summed E-state index contributed by atoms with van der Waals surface area (Å²) in [6, 6.07) is 4.70. The Morgan fingerprint density at radius 3 is 2.56 bits per heavy atom. The summed E-state index contributed by atoms with van der Waals surface area (Å²) in [4.78, 5) is 16.1. The molecule has 0 unspecified atom stereocenters. The molecular weight excluding hydrogens is 541 g/mol. The molecule has 3 N–H and O–H groups in total. The van der Waals surface area contributed by atoms with E-state index in [0.29, 0.717) is 48.3 Å². The number of benzene rings is 1. The molecule has 0 saturated heterocycles. The minimum atomic E-state index is -2.96. The molecule has 1 amide bonds. The van der Waals surface area contributed by atoms with Gasteiger partial charge in [0.05, 0.1) is 6.26 Å². The van der Waals surface area contributed by atoms with Crippen molar-refractivity contribution in [1.82, 2.24) is 16.0 Å². The van der Waals surface area contributed by atoms with Gasteiger partial charge in [-0.25, -0.2) is 0 Å². The number of ether oxygens (including phenoxy) is 3. The van der Waals surface area contributed by atoms with E-state index < -0.39 is 6.61 Å². The van der Waals surface area contributed by atoms with Gasteiger partial charge in [0.25, 0.3) is 5.91 Å². The molecule has 32 heavy (non-hydrogen) atoms. The molecule has 0 spiro atoms. The second kappa shape index (κ2) is 12.3. The van der Waals surface area contributed by atoms with Crippen LogP contribution in [0, 0.1) is 6.92 Å². The van der Waals surface area contributed by atoms with Crippen LogP contribution in [0.1, 0.15) is 28.1 Å². The number of nitrogens with one attached hydrogen (secondary N) is 3. The number of hydrogen-bond donors (Lipinski definition) is 3. The maximum Gasteiger partial charge on any atom is 0.387 e. The largest absolute Gasteiger partial charge is 0.459 e. The van der Waals surface area contributed by atoms with E-state index in [0.717, 1.165) is 5.56 Å². The van der Waals surface area contributed by atoms with E-state index in [1.54, 1.807) is 26.1 Å². The Kier molecular flexibility index (Phi) is 9.81. The fraction of sp³-hybridized carbons (Fsp3) is 0.400. The fourth-order valence-electron chi connectivity index (χ4n) is 2.89. The van der Waals surface area contributed by atoms with E-state index >= 15 is 0 Å². The number of aryl methyl sites for hydroxylation is 1. The lowest BCUT2D eigenvalue weighted by molar-refractivity contribution is -0.0505. The molecule has 0 radical (unpaired) electrons. The Balaban J connectivity index is 0.00000363. The van der Waals surface area contributed by atoms with E-state index in [2.05, 4.69) is 25.7 Å². The number of furan rings is 1. The molecule has 1 aliphatic heterocycles. The molecule has 176 valence electrons. The average Bonchev–Trinajstić information content (AvgIpc) is 3.37. The van der Waals surface area contributed by atoms with Crippen molar-refractivity contribution in [3.63, 3.8) is 0 Å². The highest BCUT2D eigenvalue weighted by molar-refractivity contribution is 14.0. The van der Waals surface area contributed by atoms with Crippen LogP contribution in [0.3, 0.4) is 0 Å². The van der Waals surface area contributed by atoms with Crippen LogP contribution >= 0.6 is 24.0 Å². The molecule has 0 aliphatic carbocycles. The number of hydrogen-bond acceptors (Lipinski definition) is 6. The average molecular weight is 566 g/mol. The van der Waals surface area contributed by atoms with Crippen LogP contribution in [0.5, 0.6) is 17.2 Å². The van der Waals surface area contributed by atoms with Crippen molar-refractivity contribution < 1.29 is 32.2 Å². The predicted octanol–water partition coefficient (Wildman–Crippen LogP) is 3.02. The van der Waals surface area contributed by atoms with Crippen molar-refractivity contribution in [2.45, 2.75) is 26.5 Å².